The quantitative estimate of drug-likeness (QED) is 0.853. The number of nitrogens with zero attached hydrogens (tertiary/aromatic N) is 1. The first kappa shape index (κ1) is 17.5. The van der Waals surface area contributed by atoms with Crippen molar-refractivity contribution >= 4 is 17.8 Å². The molecule has 1 aliphatic heterocycles. The fraction of sp³-hybridized carbons (Fsp3) is 0.333. The van der Waals surface area contributed by atoms with Gasteiger partial charge in [0.2, 0.25) is 5.88 Å². The predicted molar refractivity (Wildman–Crippen MR) is 95.3 cm³/mol. The zero-order valence-corrected chi connectivity index (χ0v) is 14.7. The third-order valence-electron chi connectivity index (χ3n) is 3.89. The van der Waals surface area contributed by atoms with Gasteiger partial charge in [-0.15, -0.1) is 11.8 Å². The van der Waals surface area contributed by atoms with E-state index in [1.165, 1.54) is 12.1 Å². The van der Waals surface area contributed by atoms with E-state index >= 15 is 0 Å². The van der Waals surface area contributed by atoms with Gasteiger partial charge in [0, 0.05) is 29.0 Å². The molecule has 1 aliphatic rings. The van der Waals surface area contributed by atoms with E-state index in [1.807, 2.05) is 13.0 Å². The molecular formula is C18H20FN3O2S. The molecule has 0 aliphatic carbocycles. The summed E-state index contributed by atoms with van der Waals surface area (Å²) in [5.74, 6) is 1.12. The molecule has 0 bridgehead atoms. The van der Waals surface area contributed by atoms with E-state index in [-0.39, 0.29) is 17.9 Å². The van der Waals surface area contributed by atoms with Gasteiger partial charge in [-0.25, -0.2) is 14.2 Å². The fourth-order valence-corrected chi connectivity index (χ4v) is 3.83. The highest BCUT2D eigenvalue weighted by Gasteiger charge is 2.23. The van der Waals surface area contributed by atoms with Crippen molar-refractivity contribution in [1.82, 2.24) is 15.6 Å². The lowest BCUT2D eigenvalue weighted by atomic mass is 10.0. The molecule has 2 heterocycles. The lowest BCUT2D eigenvalue weighted by Crippen LogP contribution is -2.38. The standard InChI is InChI=1S/C18H20FN3O2S/c1-2-24-17-12(4-3-8-20-17)11-21-18(23)22-15-7-9-25-16-6-5-13(19)10-14(15)16/h3-6,8,10,15H,2,7,9,11H2,1H3,(H2,21,22,23). The Morgan fingerprint density at radius 3 is 3.16 bits per heavy atom. The lowest BCUT2D eigenvalue weighted by Gasteiger charge is -2.26. The normalized spacial score (nSPS) is 16.0. The van der Waals surface area contributed by atoms with Crippen molar-refractivity contribution < 1.29 is 13.9 Å². The van der Waals surface area contributed by atoms with Crippen molar-refractivity contribution in [2.45, 2.75) is 30.8 Å². The van der Waals surface area contributed by atoms with Crippen molar-refractivity contribution in [3.8, 4) is 5.88 Å². The molecule has 1 aromatic heterocycles. The maximum atomic E-state index is 13.5. The summed E-state index contributed by atoms with van der Waals surface area (Å²) in [5, 5.41) is 5.75. The second-order valence-corrected chi connectivity index (χ2v) is 6.74. The van der Waals surface area contributed by atoms with E-state index in [9.17, 15) is 9.18 Å². The minimum absolute atomic E-state index is 0.188. The second-order valence-electron chi connectivity index (χ2n) is 5.60. The van der Waals surface area contributed by atoms with Crippen molar-refractivity contribution in [3.63, 3.8) is 0 Å². The van der Waals surface area contributed by atoms with Crippen LogP contribution in [0.1, 0.15) is 30.5 Å². The van der Waals surface area contributed by atoms with E-state index < -0.39 is 0 Å². The smallest absolute Gasteiger partial charge is 0.315 e. The molecule has 1 unspecified atom stereocenters. The maximum absolute atomic E-state index is 13.5. The minimum Gasteiger partial charge on any atom is -0.478 e. The van der Waals surface area contributed by atoms with Crippen LogP contribution in [0.3, 0.4) is 0 Å². The van der Waals surface area contributed by atoms with Gasteiger partial charge < -0.3 is 15.4 Å². The number of carbonyl (C=O) groups is 1. The predicted octanol–water partition coefficient (Wildman–Crippen LogP) is 3.66. The summed E-state index contributed by atoms with van der Waals surface area (Å²) >= 11 is 1.68. The highest BCUT2D eigenvalue weighted by Crippen LogP contribution is 2.36. The Kier molecular flexibility index (Phi) is 5.75. The third kappa shape index (κ3) is 4.42. The molecule has 0 saturated heterocycles. The molecule has 0 saturated carbocycles. The highest BCUT2D eigenvalue weighted by atomic mass is 32.2. The monoisotopic (exact) mass is 361 g/mol. The molecule has 3 rings (SSSR count). The molecule has 5 nitrogen and oxygen atoms in total. The molecule has 0 spiro atoms. The largest absolute Gasteiger partial charge is 0.478 e. The number of benzene rings is 1. The van der Waals surface area contributed by atoms with Crippen molar-refractivity contribution in [1.29, 1.82) is 0 Å². The summed E-state index contributed by atoms with van der Waals surface area (Å²) in [6.45, 7) is 2.71. The first-order valence-electron chi connectivity index (χ1n) is 8.20. The Labute approximate surface area is 150 Å². The number of halogens is 1. The van der Waals surface area contributed by atoms with Gasteiger partial charge in [-0.2, -0.15) is 0 Å². The van der Waals surface area contributed by atoms with Crippen LogP contribution >= 0.6 is 11.8 Å². The number of pyridine rings is 1. The average molecular weight is 361 g/mol. The summed E-state index contributed by atoms with van der Waals surface area (Å²) in [6, 6.07) is 7.90. The van der Waals surface area contributed by atoms with Crippen molar-refractivity contribution in [2.75, 3.05) is 12.4 Å². The topological polar surface area (TPSA) is 63.2 Å². The fourth-order valence-electron chi connectivity index (χ4n) is 2.73. The van der Waals surface area contributed by atoms with Crippen molar-refractivity contribution in [2.24, 2.45) is 0 Å². The summed E-state index contributed by atoms with van der Waals surface area (Å²) in [6.07, 6.45) is 2.42. The number of aromatic nitrogens is 1. The number of urea groups is 1. The van der Waals surface area contributed by atoms with Gasteiger partial charge >= 0.3 is 6.03 Å². The minimum atomic E-state index is -0.293. The maximum Gasteiger partial charge on any atom is 0.315 e. The number of hydrogen-bond acceptors (Lipinski definition) is 4. The molecule has 1 atom stereocenters. The molecule has 2 N–H and O–H groups in total. The van der Waals surface area contributed by atoms with Crippen LogP contribution in [0.25, 0.3) is 0 Å². The van der Waals surface area contributed by atoms with Crippen LogP contribution in [-0.2, 0) is 6.54 Å². The Morgan fingerprint density at radius 2 is 2.32 bits per heavy atom. The lowest BCUT2D eigenvalue weighted by molar-refractivity contribution is 0.235. The van der Waals surface area contributed by atoms with Crippen LogP contribution < -0.4 is 15.4 Å². The Bertz CT molecular complexity index is 757. The zero-order valence-electron chi connectivity index (χ0n) is 13.9. The van der Waals surface area contributed by atoms with Crippen LogP contribution in [0.4, 0.5) is 9.18 Å². The second kappa shape index (κ2) is 8.20. The Balaban J connectivity index is 1.62. The van der Waals surface area contributed by atoms with Gasteiger partial charge in [-0.3, -0.25) is 0 Å². The number of amides is 2. The van der Waals surface area contributed by atoms with Crippen molar-refractivity contribution in [3.05, 3.63) is 53.5 Å². The van der Waals surface area contributed by atoms with E-state index in [0.717, 1.165) is 28.2 Å². The van der Waals surface area contributed by atoms with Gasteiger partial charge in [0.25, 0.3) is 0 Å². The molecule has 25 heavy (non-hydrogen) atoms. The number of fused-ring (bicyclic) bond motifs is 1. The zero-order chi connectivity index (χ0) is 17.6. The molecule has 2 amide bonds. The van der Waals surface area contributed by atoms with E-state index in [4.69, 9.17) is 4.74 Å². The number of thioether (sulfide) groups is 1. The molecule has 1 aromatic carbocycles. The van der Waals surface area contributed by atoms with Crippen LogP contribution in [0, 0.1) is 5.82 Å². The third-order valence-corrected chi connectivity index (χ3v) is 5.01. The molecule has 132 valence electrons. The first-order chi connectivity index (χ1) is 12.2. The SMILES string of the molecule is CCOc1ncccc1CNC(=O)NC1CCSc2ccc(F)cc21. The average Bonchev–Trinajstić information content (AvgIpc) is 2.62. The number of rotatable bonds is 5. The molecule has 2 aromatic rings. The van der Waals surface area contributed by atoms with Crippen LogP contribution in [0.5, 0.6) is 5.88 Å². The molecule has 0 fully saturated rings. The van der Waals surface area contributed by atoms with E-state index in [0.29, 0.717) is 19.0 Å². The van der Waals surface area contributed by atoms with E-state index in [1.54, 1.807) is 30.1 Å². The van der Waals surface area contributed by atoms with E-state index in [2.05, 4.69) is 15.6 Å². The highest BCUT2D eigenvalue weighted by molar-refractivity contribution is 7.99. The first-order valence-corrected chi connectivity index (χ1v) is 9.19. The number of ether oxygens (including phenoxy) is 1. The summed E-state index contributed by atoms with van der Waals surface area (Å²) < 4.78 is 19.0. The number of nitrogens with one attached hydrogen (secondary N) is 2. The number of carbonyl (C=O) groups excluding carboxylic acids is 1. The van der Waals surface area contributed by atoms with Gasteiger partial charge in [-0.05, 0) is 43.2 Å². The summed E-state index contributed by atoms with van der Waals surface area (Å²) in [4.78, 5) is 17.4. The van der Waals surface area contributed by atoms with Gasteiger partial charge in [-0.1, -0.05) is 6.07 Å². The van der Waals surface area contributed by atoms with Gasteiger partial charge in [0.15, 0.2) is 0 Å². The van der Waals surface area contributed by atoms with Gasteiger partial charge in [0.1, 0.15) is 5.82 Å². The Morgan fingerprint density at radius 1 is 1.44 bits per heavy atom. The number of hydrogen-bond donors (Lipinski definition) is 2. The molecule has 0 radical (unpaired) electrons. The summed E-state index contributed by atoms with van der Waals surface area (Å²) in [7, 11) is 0. The van der Waals surface area contributed by atoms with Crippen LogP contribution in [0.15, 0.2) is 41.4 Å². The molecule has 7 heteroatoms. The summed E-state index contributed by atoms with van der Waals surface area (Å²) in [5.41, 5.74) is 1.65. The van der Waals surface area contributed by atoms with Crippen LogP contribution in [0.2, 0.25) is 0 Å². The van der Waals surface area contributed by atoms with Gasteiger partial charge in [0.05, 0.1) is 12.6 Å². The van der Waals surface area contributed by atoms with Crippen LogP contribution in [-0.4, -0.2) is 23.4 Å². The Hall–Kier alpha value is -2.28. The molecular weight excluding hydrogens is 341 g/mol.